The number of carbonyl (C=O) groups is 2. The minimum Gasteiger partial charge on any atom is -0.512 e. The molecule has 12 aromatic carbocycles. The van der Waals surface area contributed by atoms with Gasteiger partial charge < -0.3 is 44.0 Å². The summed E-state index contributed by atoms with van der Waals surface area (Å²) in [6.07, 6.45) is 13.4. The normalized spacial score (nSPS) is 10.7. The Bertz CT molecular complexity index is 8260. The van der Waals surface area contributed by atoms with E-state index in [0.29, 0.717) is 17.0 Å². The van der Waals surface area contributed by atoms with Crippen molar-refractivity contribution in [3.63, 3.8) is 0 Å². The first-order chi connectivity index (χ1) is 70.8. The molecule has 150 heavy (non-hydrogen) atoms. The third kappa shape index (κ3) is 31.7. The van der Waals surface area contributed by atoms with Crippen LogP contribution in [-0.2, 0) is 95.4 Å². The number of ketones is 2. The van der Waals surface area contributed by atoms with Crippen molar-refractivity contribution in [2.45, 2.75) is 88.5 Å². The number of furan rings is 2. The summed E-state index contributed by atoms with van der Waals surface area (Å²) in [5.74, 6) is -0.379. The number of aliphatic hydroxyl groups is 2. The smallest absolute Gasteiger partial charge is 0.216 e. The van der Waals surface area contributed by atoms with Crippen LogP contribution in [0, 0.1) is 76.8 Å². The van der Waals surface area contributed by atoms with E-state index in [9.17, 15) is 14.0 Å². The van der Waals surface area contributed by atoms with Gasteiger partial charge in [-0.05, 0) is 230 Å². The molecule has 0 fully saturated rings. The summed E-state index contributed by atoms with van der Waals surface area (Å²) in [6.45, 7) is 22.5. The van der Waals surface area contributed by atoms with Crippen LogP contribution < -0.4 is 0 Å². The number of allylic oxidation sites excluding steroid dienone is 4. The van der Waals surface area contributed by atoms with Crippen LogP contribution in [0.15, 0.2) is 434 Å². The number of aliphatic hydroxyl groups excluding tert-OH is 2. The molecule has 0 aliphatic rings. The SMILES string of the molecule is CC(=O)C=C(C)O.CC(=O)C=C(C)O.CC(C)(C)c1ccc(-c2[c-]ccc(-c3ccccc3)c2)nc1.Cc1ccc2c(C)cc(-c3[c-]cccc3)nc2c1.Cc1ccc2c(n1)oc1c(-c3cc(-c4ccc(F)cc4)ccn3)[c-]ccc12.Cc1ccc2c(n1)oc1c(-c3ccccn3)[c-]ccc12.Cc1cccc(-c2cc3c(ccc4ccccc43)cn2)c1.[Ir].[Ir].[Ir].[Ir].[c-]1ccccc1-c1ccccn1.[c-]1ccccc1-c1ccccn1. The Kier molecular flexibility index (Phi) is 42.7. The molecular formula is C130H106FIr4N9O6-6. The number of aromatic nitrogens is 9. The van der Waals surface area contributed by atoms with Crippen molar-refractivity contribution in [3.05, 3.63) is 501 Å². The van der Waals surface area contributed by atoms with Crippen LogP contribution in [0.25, 0.3) is 178 Å². The molecule has 756 valence electrons. The molecule has 4 radical (unpaired) electrons. The third-order valence-electron chi connectivity index (χ3n) is 23.0. The first-order valence-electron chi connectivity index (χ1n) is 47.6. The molecule has 2 N–H and O–H groups in total. The molecule has 11 heterocycles. The number of rotatable bonds is 11. The van der Waals surface area contributed by atoms with Gasteiger partial charge in [-0.3, -0.25) is 19.6 Å². The van der Waals surface area contributed by atoms with E-state index < -0.39 is 0 Å². The molecule has 0 saturated carbocycles. The predicted molar refractivity (Wildman–Crippen MR) is 591 cm³/mol. The molecule has 0 bridgehead atoms. The second-order valence-corrected chi connectivity index (χ2v) is 35.5. The number of halogens is 1. The number of aryl methyl sites for hydroxylation is 5. The number of fused-ring (bicyclic) bond motifs is 10. The van der Waals surface area contributed by atoms with E-state index in [1.54, 1.807) is 36.9 Å². The van der Waals surface area contributed by atoms with Crippen molar-refractivity contribution in [1.82, 2.24) is 44.9 Å². The standard InChI is InChI=1S/C23H14FN2O.C21H20N.C20H15N.C17H11N2O.C17H14N.2C11H8N.2C5H8O2.4Ir/c1-14-5-10-19-18-3-2-4-20(22(18)27-23(19)26-14)21-13-16(11-12-25-21)15-6-8-17(24)9-7-15;1-21(2,3)19-12-13-20(22-15-19)18-11-7-10-17(14-18)16-8-5-4-6-9-16;1-14-5-4-7-16(11-14)20-12-19-17(13-21-20)10-9-15-6-2-3-8-18(15)19;1-11-8-9-13-12-5-4-6-14(15-7-2-3-10-18-15)16(12)20-17(13)19-11;1-12-8-9-15-13(2)11-16(18-17(15)10-12)14-6-4-3-5-7-14;2*1-2-6-10(7-3-1)11-8-4-5-9-12-11;2*1-4(6)3-5(2)7;;;;/h2-3,5-13H,1H3;4-10,12-15H,1-3H3;2-13H,1H3;2-5,7-10H,1H3;3-6,8-11H,1-2H3;2*1-6,8-9H;2*3,6H,1-2H3;;;;/q2*-1;;4*-1;;;;;;. The van der Waals surface area contributed by atoms with Gasteiger partial charge in [-0.1, -0.05) is 218 Å². The Morgan fingerprint density at radius 2 is 0.787 bits per heavy atom. The zero-order valence-corrected chi connectivity index (χ0v) is 94.1. The van der Waals surface area contributed by atoms with Crippen LogP contribution in [0.1, 0.15) is 82.1 Å². The zero-order chi connectivity index (χ0) is 102. The molecule has 0 saturated heterocycles. The Labute approximate surface area is 928 Å². The largest absolute Gasteiger partial charge is 0.512 e. The first kappa shape index (κ1) is 115. The van der Waals surface area contributed by atoms with E-state index in [1.165, 1.54) is 118 Å². The molecule has 0 aliphatic heterocycles. The van der Waals surface area contributed by atoms with E-state index in [4.69, 9.17) is 24.0 Å². The summed E-state index contributed by atoms with van der Waals surface area (Å²) >= 11 is 0. The molecule has 11 aromatic heterocycles. The molecule has 23 rings (SSSR count). The molecule has 0 amide bonds. The van der Waals surface area contributed by atoms with Gasteiger partial charge in [-0.15, -0.1) is 179 Å². The van der Waals surface area contributed by atoms with Gasteiger partial charge in [0.1, 0.15) is 5.82 Å². The quantitative estimate of drug-likeness (QED) is 0.0533. The minimum atomic E-state index is -0.254. The van der Waals surface area contributed by atoms with Crippen LogP contribution in [0.5, 0.6) is 0 Å². The van der Waals surface area contributed by atoms with Crippen molar-refractivity contribution in [2.24, 2.45) is 0 Å². The van der Waals surface area contributed by atoms with Gasteiger partial charge in [0.2, 0.25) is 11.4 Å². The fourth-order valence-corrected chi connectivity index (χ4v) is 15.9. The van der Waals surface area contributed by atoms with E-state index in [-0.39, 0.29) is 115 Å². The minimum absolute atomic E-state index is 0. The third-order valence-corrected chi connectivity index (χ3v) is 23.0. The topological polar surface area (TPSA) is 217 Å². The Balaban J connectivity index is 0.000000164. The molecule has 20 heteroatoms. The summed E-state index contributed by atoms with van der Waals surface area (Å²) in [5.41, 5.74) is 28.6. The fraction of sp³-hybridized carbons (Fsp3) is 0.100. The monoisotopic (exact) mass is 2680 g/mol. The Morgan fingerprint density at radius 1 is 0.313 bits per heavy atom. The summed E-state index contributed by atoms with van der Waals surface area (Å²) in [6, 6.07) is 139. The van der Waals surface area contributed by atoms with Crippen molar-refractivity contribution in [2.75, 3.05) is 0 Å². The molecule has 0 aliphatic carbocycles. The molecule has 0 unspecified atom stereocenters. The van der Waals surface area contributed by atoms with E-state index in [1.807, 2.05) is 226 Å². The zero-order valence-electron chi connectivity index (χ0n) is 84.5. The number of nitrogens with zero attached hydrogens (tertiary/aromatic N) is 9. The van der Waals surface area contributed by atoms with Crippen LogP contribution >= 0.6 is 0 Å². The second kappa shape index (κ2) is 55.9. The molecule has 23 aromatic rings. The van der Waals surface area contributed by atoms with Gasteiger partial charge in [0.25, 0.3) is 0 Å². The summed E-state index contributed by atoms with van der Waals surface area (Å²) in [4.78, 5) is 60.3. The molecular weight excluding hydrogens is 2570 g/mol. The van der Waals surface area contributed by atoms with Crippen LogP contribution in [0.2, 0.25) is 0 Å². The summed E-state index contributed by atoms with van der Waals surface area (Å²) in [7, 11) is 0. The average molecular weight is 2680 g/mol. The number of hydrogen-bond acceptors (Lipinski definition) is 15. The van der Waals surface area contributed by atoms with Gasteiger partial charge >= 0.3 is 0 Å². The maximum Gasteiger partial charge on any atom is 0.216 e. The van der Waals surface area contributed by atoms with Crippen LogP contribution in [0.3, 0.4) is 0 Å². The Hall–Kier alpha value is -15.7. The number of benzene rings is 12. The van der Waals surface area contributed by atoms with Crippen molar-refractivity contribution < 1.29 is 113 Å². The summed E-state index contributed by atoms with van der Waals surface area (Å²) < 4.78 is 25.2. The number of pyridine rings is 9. The van der Waals surface area contributed by atoms with Crippen LogP contribution in [-0.4, -0.2) is 66.6 Å². The fourth-order valence-electron chi connectivity index (χ4n) is 15.9. The molecule has 0 atom stereocenters. The van der Waals surface area contributed by atoms with Gasteiger partial charge in [0.15, 0.2) is 11.6 Å². The van der Waals surface area contributed by atoms with E-state index >= 15 is 0 Å². The maximum absolute atomic E-state index is 13.2. The molecule has 15 nitrogen and oxygen atoms in total. The average Bonchev–Trinajstić information content (AvgIpc) is 1.53. The van der Waals surface area contributed by atoms with E-state index in [0.717, 1.165) is 128 Å². The number of hydrogen-bond donors (Lipinski definition) is 2. The maximum atomic E-state index is 13.2. The predicted octanol–water partition coefficient (Wildman–Crippen LogP) is 32.5. The van der Waals surface area contributed by atoms with Crippen molar-refractivity contribution in [1.29, 1.82) is 0 Å². The summed E-state index contributed by atoms with van der Waals surface area (Å²) in [5, 5.41) is 27.0. The van der Waals surface area contributed by atoms with E-state index in [2.05, 4.69) is 257 Å². The van der Waals surface area contributed by atoms with Crippen molar-refractivity contribution in [3.8, 4) is 101 Å². The number of carbonyl (C=O) groups excluding carboxylic acids is 2. The second-order valence-electron chi connectivity index (χ2n) is 35.5. The van der Waals surface area contributed by atoms with Gasteiger partial charge in [0.05, 0.1) is 33.9 Å². The Morgan fingerprint density at radius 3 is 1.31 bits per heavy atom. The molecule has 0 spiro atoms. The van der Waals surface area contributed by atoms with Crippen LogP contribution in [0.4, 0.5) is 4.39 Å². The van der Waals surface area contributed by atoms with Crippen molar-refractivity contribution >= 4 is 88.2 Å². The van der Waals surface area contributed by atoms with Gasteiger partial charge in [-0.25, -0.2) is 14.4 Å². The first-order valence-corrected chi connectivity index (χ1v) is 47.6. The van der Waals surface area contributed by atoms with Gasteiger partial charge in [0, 0.05) is 168 Å². The van der Waals surface area contributed by atoms with Gasteiger partial charge in [-0.2, -0.15) is 0 Å².